The molecule has 1 heterocycles. The van der Waals surface area contributed by atoms with Gasteiger partial charge in [0.1, 0.15) is 0 Å². The van der Waals surface area contributed by atoms with Crippen molar-refractivity contribution in [3.05, 3.63) is 96.1 Å². The lowest BCUT2D eigenvalue weighted by Crippen LogP contribution is -2.35. The molecule has 180 valence electrons. The molecule has 1 fully saturated rings. The molecule has 4 rings (SSSR count). The van der Waals surface area contributed by atoms with E-state index in [9.17, 15) is 14.4 Å². The average molecular weight is 471 g/mol. The second-order valence-electron chi connectivity index (χ2n) is 8.77. The number of benzene rings is 3. The van der Waals surface area contributed by atoms with E-state index in [0.717, 1.165) is 12.0 Å². The van der Waals surface area contributed by atoms with Crippen molar-refractivity contribution in [2.45, 2.75) is 25.8 Å². The van der Waals surface area contributed by atoms with E-state index in [4.69, 9.17) is 0 Å². The van der Waals surface area contributed by atoms with Crippen LogP contribution in [0.1, 0.15) is 30.5 Å². The average Bonchev–Trinajstić information content (AvgIpc) is 3.25. The molecule has 7 heteroatoms. The van der Waals surface area contributed by atoms with Gasteiger partial charge in [-0.15, -0.1) is 0 Å². The van der Waals surface area contributed by atoms with Gasteiger partial charge in [-0.3, -0.25) is 9.59 Å². The Kier molecular flexibility index (Phi) is 7.77. The molecule has 2 unspecified atom stereocenters. The third-order valence-corrected chi connectivity index (χ3v) is 6.16. The van der Waals surface area contributed by atoms with Crippen molar-refractivity contribution in [1.82, 2.24) is 10.2 Å². The lowest BCUT2D eigenvalue weighted by molar-refractivity contribution is -0.129. The van der Waals surface area contributed by atoms with Gasteiger partial charge in [0.15, 0.2) is 0 Å². The topological polar surface area (TPSA) is 90.5 Å². The highest BCUT2D eigenvalue weighted by molar-refractivity contribution is 5.99. The summed E-state index contributed by atoms with van der Waals surface area (Å²) in [5.74, 6) is -0.432. The summed E-state index contributed by atoms with van der Waals surface area (Å²) in [6, 6.07) is 26.0. The van der Waals surface area contributed by atoms with Crippen LogP contribution in [-0.2, 0) is 16.0 Å². The number of amides is 4. The minimum atomic E-state index is -0.344. The molecule has 0 bridgehead atoms. The monoisotopic (exact) mass is 470 g/mol. The molecule has 7 nitrogen and oxygen atoms in total. The molecule has 3 aromatic carbocycles. The van der Waals surface area contributed by atoms with Crippen molar-refractivity contribution in [1.29, 1.82) is 0 Å². The van der Waals surface area contributed by atoms with Crippen molar-refractivity contribution in [3.63, 3.8) is 0 Å². The predicted octanol–water partition coefficient (Wildman–Crippen LogP) is 4.60. The molecule has 0 aliphatic carbocycles. The van der Waals surface area contributed by atoms with Crippen molar-refractivity contribution in [2.75, 3.05) is 23.7 Å². The van der Waals surface area contributed by atoms with E-state index in [1.165, 1.54) is 5.56 Å². The molecule has 1 aliphatic rings. The molecule has 35 heavy (non-hydrogen) atoms. The fourth-order valence-corrected chi connectivity index (χ4v) is 4.16. The fourth-order valence-electron chi connectivity index (χ4n) is 4.16. The summed E-state index contributed by atoms with van der Waals surface area (Å²) in [6.45, 7) is 2.98. The summed E-state index contributed by atoms with van der Waals surface area (Å²) in [4.78, 5) is 39.2. The highest BCUT2D eigenvalue weighted by atomic mass is 16.2. The number of anilines is 2. The van der Waals surface area contributed by atoms with Gasteiger partial charge in [-0.25, -0.2) is 4.79 Å². The number of carbonyl (C=O) groups excluding carboxylic acids is 3. The van der Waals surface area contributed by atoms with Gasteiger partial charge in [0.25, 0.3) is 0 Å². The summed E-state index contributed by atoms with van der Waals surface area (Å²) in [6.07, 6.45) is 1.02. The lowest BCUT2D eigenvalue weighted by Gasteiger charge is -2.19. The smallest absolute Gasteiger partial charge is 0.323 e. The first-order chi connectivity index (χ1) is 17.0. The minimum Gasteiger partial charge on any atom is -0.349 e. The van der Waals surface area contributed by atoms with E-state index in [-0.39, 0.29) is 36.2 Å². The number of rotatable bonds is 8. The van der Waals surface area contributed by atoms with Crippen LogP contribution in [0.15, 0.2) is 84.9 Å². The number of likely N-dealkylation sites (tertiary alicyclic amines) is 1. The Hall–Kier alpha value is -4.13. The van der Waals surface area contributed by atoms with Crippen molar-refractivity contribution < 1.29 is 14.4 Å². The van der Waals surface area contributed by atoms with Crippen LogP contribution in [0.4, 0.5) is 16.2 Å². The van der Waals surface area contributed by atoms with Gasteiger partial charge >= 0.3 is 6.03 Å². The molecule has 0 spiro atoms. The molecule has 3 N–H and O–H groups in total. The molecule has 2 atom stereocenters. The van der Waals surface area contributed by atoms with E-state index < -0.39 is 0 Å². The Morgan fingerprint density at radius 3 is 2.14 bits per heavy atom. The summed E-state index contributed by atoms with van der Waals surface area (Å²) in [7, 11) is 0. The largest absolute Gasteiger partial charge is 0.349 e. The Labute approximate surface area is 205 Å². The third kappa shape index (κ3) is 6.69. The number of hydrogen-bond acceptors (Lipinski definition) is 3. The van der Waals surface area contributed by atoms with E-state index >= 15 is 0 Å². The Bertz CT molecular complexity index is 1150. The number of hydrogen-bond donors (Lipinski definition) is 3. The summed E-state index contributed by atoms with van der Waals surface area (Å²) in [5, 5.41) is 8.60. The SMILES string of the molecule is CC(NC(=O)C1CC(=O)N(CCc2ccccc2)C1)c1ccc(NC(=O)Nc2ccccc2)cc1. The van der Waals surface area contributed by atoms with E-state index in [0.29, 0.717) is 24.5 Å². The zero-order valence-electron chi connectivity index (χ0n) is 19.7. The second kappa shape index (κ2) is 11.3. The van der Waals surface area contributed by atoms with Gasteiger partial charge in [0, 0.05) is 30.9 Å². The summed E-state index contributed by atoms with van der Waals surface area (Å²) >= 11 is 0. The van der Waals surface area contributed by atoms with Crippen LogP contribution in [0.3, 0.4) is 0 Å². The Balaban J connectivity index is 1.25. The third-order valence-electron chi connectivity index (χ3n) is 6.16. The maximum absolute atomic E-state index is 12.8. The minimum absolute atomic E-state index is 0.0259. The Morgan fingerprint density at radius 1 is 0.886 bits per heavy atom. The molecular weight excluding hydrogens is 440 g/mol. The van der Waals surface area contributed by atoms with Gasteiger partial charge in [-0.05, 0) is 48.7 Å². The maximum atomic E-state index is 12.8. The molecule has 1 saturated heterocycles. The van der Waals surface area contributed by atoms with Crippen LogP contribution in [0, 0.1) is 5.92 Å². The van der Waals surface area contributed by atoms with Gasteiger partial charge in [-0.1, -0.05) is 60.7 Å². The van der Waals surface area contributed by atoms with Crippen LogP contribution in [0.25, 0.3) is 0 Å². The lowest BCUT2D eigenvalue weighted by atomic mass is 10.0. The molecule has 0 saturated carbocycles. The Morgan fingerprint density at radius 2 is 1.49 bits per heavy atom. The first-order valence-corrected chi connectivity index (χ1v) is 11.8. The molecule has 3 aromatic rings. The first-order valence-electron chi connectivity index (χ1n) is 11.8. The van der Waals surface area contributed by atoms with Crippen molar-refractivity contribution >= 4 is 29.2 Å². The van der Waals surface area contributed by atoms with E-state index in [1.807, 2.05) is 79.7 Å². The van der Waals surface area contributed by atoms with Crippen LogP contribution in [-0.4, -0.2) is 35.8 Å². The number of nitrogens with zero attached hydrogens (tertiary/aromatic N) is 1. The molecule has 4 amide bonds. The quantitative estimate of drug-likeness (QED) is 0.449. The predicted molar refractivity (Wildman–Crippen MR) is 137 cm³/mol. The second-order valence-corrected chi connectivity index (χ2v) is 8.77. The summed E-state index contributed by atoms with van der Waals surface area (Å²) < 4.78 is 0. The number of nitrogens with one attached hydrogen (secondary N) is 3. The number of para-hydroxylation sites is 1. The van der Waals surface area contributed by atoms with Crippen molar-refractivity contribution in [2.24, 2.45) is 5.92 Å². The van der Waals surface area contributed by atoms with E-state index in [1.54, 1.807) is 17.0 Å². The fraction of sp³-hybridized carbons (Fsp3) is 0.250. The maximum Gasteiger partial charge on any atom is 0.323 e. The normalized spacial score (nSPS) is 16.0. The first kappa shape index (κ1) is 24.0. The molecule has 1 aliphatic heterocycles. The molecule has 0 aromatic heterocycles. The zero-order chi connectivity index (χ0) is 24.6. The number of carbonyl (C=O) groups is 3. The van der Waals surface area contributed by atoms with Crippen LogP contribution >= 0.6 is 0 Å². The zero-order valence-corrected chi connectivity index (χ0v) is 19.7. The van der Waals surface area contributed by atoms with Gasteiger partial charge in [-0.2, -0.15) is 0 Å². The van der Waals surface area contributed by atoms with Gasteiger partial charge in [0.05, 0.1) is 12.0 Å². The molecule has 0 radical (unpaired) electrons. The van der Waals surface area contributed by atoms with Crippen LogP contribution in [0.5, 0.6) is 0 Å². The van der Waals surface area contributed by atoms with Gasteiger partial charge < -0.3 is 20.9 Å². The van der Waals surface area contributed by atoms with Crippen LogP contribution < -0.4 is 16.0 Å². The van der Waals surface area contributed by atoms with Crippen molar-refractivity contribution in [3.8, 4) is 0 Å². The van der Waals surface area contributed by atoms with E-state index in [2.05, 4.69) is 16.0 Å². The van der Waals surface area contributed by atoms with Gasteiger partial charge in [0.2, 0.25) is 11.8 Å². The highest BCUT2D eigenvalue weighted by Crippen LogP contribution is 2.21. The van der Waals surface area contributed by atoms with Crippen LogP contribution in [0.2, 0.25) is 0 Å². The molecular formula is C28H30N4O3. The highest BCUT2D eigenvalue weighted by Gasteiger charge is 2.34. The number of urea groups is 1. The standard InChI is InChI=1S/C28H30N4O3/c1-20(22-12-14-25(15-13-22)31-28(35)30-24-10-6-3-7-11-24)29-27(34)23-18-26(33)32(19-23)17-16-21-8-4-2-5-9-21/h2-15,20,23H,16-19H2,1H3,(H,29,34)(H2,30,31,35). The summed E-state index contributed by atoms with van der Waals surface area (Å²) in [5.41, 5.74) is 3.45.